The third-order valence-corrected chi connectivity index (χ3v) is 5.12. The van der Waals surface area contributed by atoms with Crippen molar-refractivity contribution in [3.05, 3.63) is 24.9 Å². The molecule has 0 aromatic heterocycles. The molecule has 0 aromatic rings. The summed E-state index contributed by atoms with van der Waals surface area (Å²) in [4.78, 5) is 12.2. The van der Waals surface area contributed by atoms with Crippen molar-refractivity contribution in [1.29, 1.82) is 0 Å². The Morgan fingerprint density at radius 1 is 1.83 bits per heavy atom. The van der Waals surface area contributed by atoms with Crippen LogP contribution < -0.4 is 4.89 Å². The summed E-state index contributed by atoms with van der Waals surface area (Å²) in [5.74, 6) is 0. The van der Waals surface area contributed by atoms with Crippen molar-refractivity contribution in [3.63, 3.8) is 0 Å². The maximum atomic E-state index is 12.2. The molecule has 4 heteroatoms. The second-order valence-electron chi connectivity index (χ2n) is 2.93. The SMILES string of the molecule is C=CCN(C)[P+]1([O-])CC=CN1C. The highest BCUT2D eigenvalue weighted by Crippen LogP contribution is 2.58. The molecule has 1 heterocycles. The first-order valence-corrected chi connectivity index (χ1v) is 5.72. The summed E-state index contributed by atoms with van der Waals surface area (Å²) < 4.78 is 3.66. The molecule has 0 N–H and O–H groups in total. The summed E-state index contributed by atoms with van der Waals surface area (Å²) in [5.41, 5.74) is 0. The molecular formula is C8H15N2OP. The molecule has 1 unspecified atom stereocenters. The molecule has 1 aliphatic heterocycles. The Balaban J connectivity index is 2.65. The first-order valence-electron chi connectivity index (χ1n) is 3.93. The highest BCUT2D eigenvalue weighted by atomic mass is 31.2. The molecule has 0 radical (unpaired) electrons. The van der Waals surface area contributed by atoms with Crippen LogP contribution in [0.25, 0.3) is 0 Å². The van der Waals surface area contributed by atoms with E-state index in [0.717, 1.165) is 0 Å². The summed E-state index contributed by atoms with van der Waals surface area (Å²) in [7, 11) is 1.43. The van der Waals surface area contributed by atoms with Crippen molar-refractivity contribution in [2.75, 3.05) is 26.8 Å². The zero-order chi connectivity index (χ0) is 9.19. The minimum absolute atomic E-state index is 0.647. The Labute approximate surface area is 74.5 Å². The van der Waals surface area contributed by atoms with Crippen LogP contribution in [0, 0.1) is 0 Å². The van der Waals surface area contributed by atoms with Crippen LogP contribution in [0.1, 0.15) is 0 Å². The van der Waals surface area contributed by atoms with Gasteiger partial charge in [-0.2, -0.15) is 4.67 Å². The summed E-state index contributed by atoms with van der Waals surface area (Å²) in [6.07, 6.45) is 6.24. The van der Waals surface area contributed by atoms with Gasteiger partial charge in [0.05, 0.1) is 6.54 Å². The van der Waals surface area contributed by atoms with E-state index in [-0.39, 0.29) is 0 Å². The smallest absolute Gasteiger partial charge is 0.133 e. The van der Waals surface area contributed by atoms with Crippen LogP contribution in [-0.4, -0.2) is 36.1 Å². The maximum absolute atomic E-state index is 12.2. The standard InChI is InChI=1S/C8H15N2OP/c1-4-6-9(2)12(11)8-5-7-10(12)3/h4-5,7H,1,6,8H2,2-3H3. The van der Waals surface area contributed by atoms with Gasteiger partial charge in [-0.3, -0.25) is 0 Å². The highest BCUT2D eigenvalue weighted by Gasteiger charge is 2.36. The van der Waals surface area contributed by atoms with Gasteiger partial charge in [-0.25, -0.2) is 4.67 Å². The summed E-state index contributed by atoms with van der Waals surface area (Å²) >= 11 is 0. The van der Waals surface area contributed by atoms with Crippen molar-refractivity contribution < 1.29 is 4.89 Å². The lowest BCUT2D eigenvalue weighted by Gasteiger charge is -2.39. The Morgan fingerprint density at radius 3 is 2.92 bits per heavy atom. The number of nitrogens with zero attached hydrogens (tertiary/aromatic N) is 2. The van der Waals surface area contributed by atoms with Crippen LogP contribution >= 0.6 is 7.79 Å². The van der Waals surface area contributed by atoms with Crippen LogP contribution in [0.2, 0.25) is 0 Å². The molecule has 3 nitrogen and oxygen atoms in total. The van der Waals surface area contributed by atoms with E-state index in [4.69, 9.17) is 0 Å². The number of rotatable bonds is 3. The zero-order valence-electron chi connectivity index (χ0n) is 7.60. The molecule has 1 atom stereocenters. The fourth-order valence-electron chi connectivity index (χ4n) is 1.26. The molecule has 68 valence electrons. The zero-order valence-corrected chi connectivity index (χ0v) is 8.50. The predicted octanol–water partition coefficient (Wildman–Crippen LogP) is 0.686. The average molecular weight is 186 g/mol. The van der Waals surface area contributed by atoms with Crippen LogP contribution in [0.15, 0.2) is 24.9 Å². The number of allylic oxidation sites excluding steroid dienone is 1. The molecule has 0 amide bonds. The van der Waals surface area contributed by atoms with Gasteiger partial charge in [0.25, 0.3) is 0 Å². The van der Waals surface area contributed by atoms with E-state index in [0.29, 0.717) is 12.7 Å². The Hall–Kier alpha value is -0.370. The second kappa shape index (κ2) is 3.56. The largest absolute Gasteiger partial charge is 0.646 e. The normalized spacial score (nSPS) is 28.5. The molecule has 0 bridgehead atoms. The van der Waals surface area contributed by atoms with Crippen LogP contribution in [0.5, 0.6) is 0 Å². The second-order valence-corrected chi connectivity index (χ2v) is 5.94. The van der Waals surface area contributed by atoms with Crippen molar-refractivity contribution >= 4 is 7.79 Å². The molecule has 0 saturated carbocycles. The number of likely N-dealkylation sites (N-methyl/N-ethyl adjacent to an activating group) is 1. The van der Waals surface area contributed by atoms with Gasteiger partial charge < -0.3 is 4.89 Å². The van der Waals surface area contributed by atoms with Gasteiger partial charge in [-0.1, -0.05) is 6.08 Å². The minimum Gasteiger partial charge on any atom is -0.646 e. The van der Waals surface area contributed by atoms with Gasteiger partial charge in [-0.05, 0) is 6.08 Å². The van der Waals surface area contributed by atoms with E-state index in [2.05, 4.69) is 6.58 Å². The monoisotopic (exact) mass is 186 g/mol. The van der Waals surface area contributed by atoms with Crippen molar-refractivity contribution in [3.8, 4) is 0 Å². The predicted molar refractivity (Wildman–Crippen MR) is 51.5 cm³/mol. The Morgan fingerprint density at radius 2 is 2.50 bits per heavy atom. The van der Waals surface area contributed by atoms with Crippen LogP contribution in [-0.2, 0) is 0 Å². The molecule has 0 fully saturated rings. The van der Waals surface area contributed by atoms with Crippen molar-refractivity contribution in [2.45, 2.75) is 0 Å². The molecule has 0 saturated heterocycles. The average Bonchev–Trinajstić information content (AvgIpc) is 2.34. The Kier molecular flexibility index (Phi) is 2.89. The molecule has 12 heavy (non-hydrogen) atoms. The van der Waals surface area contributed by atoms with Gasteiger partial charge in [0.1, 0.15) is 14.0 Å². The lowest BCUT2D eigenvalue weighted by Crippen LogP contribution is -2.35. The van der Waals surface area contributed by atoms with Crippen molar-refractivity contribution in [1.82, 2.24) is 9.34 Å². The van der Waals surface area contributed by atoms with Gasteiger partial charge in [0.15, 0.2) is 0 Å². The summed E-state index contributed by atoms with van der Waals surface area (Å²) in [5, 5.41) is 0. The van der Waals surface area contributed by atoms with Crippen LogP contribution in [0.3, 0.4) is 0 Å². The van der Waals surface area contributed by atoms with E-state index in [1.165, 1.54) is 0 Å². The van der Waals surface area contributed by atoms with E-state index in [1.807, 2.05) is 31.0 Å². The van der Waals surface area contributed by atoms with Crippen molar-refractivity contribution in [2.24, 2.45) is 0 Å². The van der Waals surface area contributed by atoms with E-state index >= 15 is 0 Å². The van der Waals surface area contributed by atoms with E-state index in [1.54, 1.807) is 10.7 Å². The lowest BCUT2D eigenvalue weighted by atomic mass is 10.6. The van der Waals surface area contributed by atoms with Gasteiger partial charge in [0.2, 0.25) is 0 Å². The topological polar surface area (TPSA) is 29.5 Å². The lowest BCUT2D eigenvalue weighted by molar-refractivity contribution is -0.189. The molecular weight excluding hydrogens is 171 g/mol. The fraction of sp³-hybridized carbons (Fsp3) is 0.500. The highest BCUT2D eigenvalue weighted by molar-refractivity contribution is 7.64. The summed E-state index contributed by atoms with van der Waals surface area (Å²) in [6.45, 7) is 4.30. The van der Waals surface area contributed by atoms with Gasteiger partial charge >= 0.3 is 0 Å². The first kappa shape index (κ1) is 9.72. The third-order valence-electron chi connectivity index (χ3n) is 2.08. The number of hydrogen-bond acceptors (Lipinski definition) is 3. The maximum Gasteiger partial charge on any atom is 0.133 e. The van der Waals surface area contributed by atoms with E-state index < -0.39 is 7.79 Å². The van der Waals surface area contributed by atoms with Crippen LogP contribution in [0.4, 0.5) is 0 Å². The molecule has 1 rings (SSSR count). The summed E-state index contributed by atoms with van der Waals surface area (Å²) in [6, 6.07) is 0. The third kappa shape index (κ3) is 1.53. The molecule has 1 aliphatic rings. The molecule has 0 aliphatic carbocycles. The van der Waals surface area contributed by atoms with Gasteiger partial charge in [-0.15, -0.1) is 6.58 Å². The van der Waals surface area contributed by atoms with Gasteiger partial charge in [0, 0.05) is 20.3 Å². The fourth-order valence-corrected chi connectivity index (χ4v) is 3.32. The first-order chi connectivity index (χ1) is 5.61. The minimum atomic E-state index is -2.28. The Bertz CT molecular complexity index is 207. The number of hydrogen-bond donors (Lipinski definition) is 0. The molecule has 0 spiro atoms. The molecule has 0 aromatic carbocycles. The van der Waals surface area contributed by atoms with E-state index in [9.17, 15) is 4.89 Å². The quantitative estimate of drug-likeness (QED) is 0.479.